The third-order valence-electron chi connectivity index (χ3n) is 7.73. The molecule has 0 radical (unpaired) electrons. The molecule has 1 heterocycles. The monoisotopic (exact) mass is 600 g/mol. The van der Waals surface area contributed by atoms with Crippen LogP contribution >= 0.6 is 0 Å². The summed E-state index contributed by atoms with van der Waals surface area (Å²) in [5.41, 5.74) is -24.3. The van der Waals surface area contributed by atoms with Crippen LogP contribution in [0.4, 0.5) is 0 Å². The average molecular weight is 601 g/mol. The van der Waals surface area contributed by atoms with Crippen LogP contribution in [0, 0.1) is 27.1 Å². The number of ether oxygens (including phenoxy) is 1. The lowest BCUT2D eigenvalue weighted by Crippen LogP contribution is -2.97. The van der Waals surface area contributed by atoms with Crippen LogP contribution < -0.4 is 0 Å². The van der Waals surface area contributed by atoms with E-state index in [0.717, 1.165) is 0 Å². The molecule has 0 amide bonds. The first-order valence-electron chi connectivity index (χ1n) is 14.0. The zero-order valence-electron chi connectivity index (χ0n) is 27.9. The highest BCUT2D eigenvalue weighted by molar-refractivity contribution is 6.16. The molecule has 5 N–H and O–H groups in total. The summed E-state index contributed by atoms with van der Waals surface area (Å²) in [5, 5.41) is 61.6. The summed E-state index contributed by atoms with van der Waals surface area (Å²) in [4.78, 5) is 71.7. The topological polar surface area (TPSA) is 196 Å². The second-order valence-corrected chi connectivity index (χ2v) is 16.8. The fraction of sp³-hybridized carbons (Fsp3) is 0.839. The van der Waals surface area contributed by atoms with Crippen molar-refractivity contribution in [2.75, 3.05) is 6.61 Å². The van der Waals surface area contributed by atoms with Crippen LogP contribution in [-0.4, -0.2) is 89.2 Å². The first-order valence-corrected chi connectivity index (χ1v) is 14.0. The molecule has 1 unspecified atom stereocenters. The van der Waals surface area contributed by atoms with Crippen LogP contribution in [0.3, 0.4) is 0 Å². The van der Waals surface area contributed by atoms with Gasteiger partial charge in [0.1, 0.15) is 0 Å². The van der Waals surface area contributed by atoms with Gasteiger partial charge >= 0.3 is 0 Å². The maximum absolute atomic E-state index is 14.5. The lowest BCUT2D eigenvalue weighted by Gasteiger charge is -2.66. The number of carbonyl (C=O) groups excluding carboxylic acids is 5. The number of rotatable bonds is 6. The molecule has 1 aliphatic heterocycles. The molecule has 1 aliphatic rings. The number of hydrogen-bond donors (Lipinski definition) is 5. The zero-order chi connectivity index (χ0) is 34.3. The van der Waals surface area contributed by atoms with Crippen LogP contribution in [0.1, 0.15) is 104 Å². The Morgan fingerprint density at radius 2 is 0.714 bits per heavy atom. The quantitative estimate of drug-likeness (QED) is 0.298. The minimum Gasteiger partial charge on any atom is -0.393 e. The van der Waals surface area contributed by atoms with Crippen molar-refractivity contribution < 1.29 is 54.2 Å². The number of hydrogen-bond acceptors (Lipinski definition) is 11. The van der Waals surface area contributed by atoms with Gasteiger partial charge in [-0.3, -0.25) is 24.0 Å². The third kappa shape index (κ3) is 4.94. The normalized spacial score (nSPS) is 33.2. The minimum atomic E-state index is -4.15. The molecule has 0 spiro atoms. The van der Waals surface area contributed by atoms with Crippen LogP contribution in [0.5, 0.6) is 0 Å². The molecular weight excluding hydrogens is 548 g/mol. The second-order valence-electron chi connectivity index (χ2n) is 16.8. The van der Waals surface area contributed by atoms with Crippen molar-refractivity contribution in [1.82, 2.24) is 0 Å². The maximum Gasteiger partial charge on any atom is 0.269 e. The largest absolute Gasteiger partial charge is 0.393 e. The van der Waals surface area contributed by atoms with E-state index in [0.29, 0.717) is 0 Å². The molecule has 5 atom stereocenters. The molecule has 1 saturated heterocycles. The van der Waals surface area contributed by atoms with Crippen molar-refractivity contribution >= 4 is 28.9 Å². The van der Waals surface area contributed by atoms with Gasteiger partial charge in [-0.1, -0.05) is 104 Å². The van der Waals surface area contributed by atoms with Gasteiger partial charge in [0, 0.05) is 27.1 Å². The number of aliphatic hydroxyl groups is 5. The van der Waals surface area contributed by atoms with Crippen molar-refractivity contribution in [3.05, 3.63) is 0 Å². The van der Waals surface area contributed by atoms with Gasteiger partial charge in [0.25, 0.3) is 5.79 Å². The van der Waals surface area contributed by atoms with Crippen molar-refractivity contribution in [1.29, 1.82) is 0 Å². The van der Waals surface area contributed by atoms with E-state index in [9.17, 15) is 49.5 Å². The van der Waals surface area contributed by atoms with Gasteiger partial charge in [-0.05, 0) is 0 Å². The fourth-order valence-electron chi connectivity index (χ4n) is 5.58. The molecule has 1 rings (SSSR count). The highest BCUT2D eigenvalue weighted by Gasteiger charge is 2.92. The predicted octanol–water partition coefficient (Wildman–Crippen LogP) is 1.71. The summed E-state index contributed by atoms with van der Waals surface area (Å²) < 4.78 is 5.76. The van der Waals surface area contributed by atoms with Crippen LogP contribution in [0.15, 0.2) is 0 Å². The van der Waals surface area contributed by atoms with Crippen molar-refractivity contribution in [2.24, 2.45) is 27.1 Å². The summed E-state index contributed by atoms with van der Waals surface area (Å²) in [5.74, 6) is -11.3. The first kappa shape index (κ1) is 38.1. The Kier molecular flexibility index (Phi) is 9.14. The van der Waals surface area contributed by atoms with Gasteiger partial charge in [0.15, 0.2) is 28.7 Å². The van der Waals surface area contributed by atoms with Crippen molar-refractivity contribution in [2.45, 2.75) is 132 Å². The SMILES string of the molecule is CC(C)(C)C(=O)C1(O)O[C@@](CO)(C(=O)C(C)(C)C)[C@](O)(C(=O)C(C)(C)C)[C@@](O)(C(=O)C(C)(C)C)[C@]1(O)C(=O)C(C)(C)C. The minimum absolute atomic E-state index is 1.24. The number of aliphatic hydroxyl groups excluding tert-OH is 1. The molecule has 1 fully saturated rings. The molecule has 0 aromatic rings. The molecule has 0 aromatic heterocycles. The van der Waals surface area contributed by atoms with Crippen molar-refractivity contribution in [3.8, 4) is 0 Å². The standard InChI is InChI=1S/C31H52O11/c1-22(2,3)17(33)27(16-32)28(38,18(34)23(4,5)6)29(39,19(35)24(7,8)9)30(40,20(36)25(10,11)12)31(41,42-27)21(37)26(13,14)15/h32,38-41H,16H2,1-15H3/t27-,28+,29-,30+,31?/m0/s1. The first-order chi connectivity index (χ1) is 18.0. The van der Waals surface area contributed by atoms with Gasteiger partial charge in [-0.25, -0.2) is 0 Å². The summed E-state index contributed by atoms with van der Waals surface area (Å²) in [6.45, 7) is 17.4. The molecule has 0 bridgehead atoms. The molecule has 42 heavy (non-hydrogen) atoms. The summed E-state index contributed by atoms with van der Waals surface area (Å²) >= 11 is 0. The lowest BCUT2D eigenvalue weighted by atomic mass is 9.46. The molecule has 0 saturated carbocycles. The average Bonchev–Trinajstić information content (AvgIpc) is 2.79. The third-order valence-corrected chi connectivity index (χ3v) is 7.73. The van der Waals surface area contributed by atoms with Crippen LogP contribution in [0.25, 0.3) is 0 Å². The Labute approximate surface area is 249 Å². The number of Topliss-reactive ketones (excluding diaryl/α,β-unsaturated/α-hetero) is 5. The van der Waals surface area contributed by atoms with Gasteiger partial charge in [0.2, 0.25) is 22.6 Å². The lowest BCUT2D eigenvalue weighted by molar-refractivity contribution is -0.415. The highest BCUT2D eigenvalue weighted by atomic mass is 16.7. The Morgan fingerprint density at radius 3 is 0.976 bits per heavy atom. The van der Waals surface area contributed by atoms with Crippen LogP contribution in [-0.2, 0) is 28.7 Å². The number of ketones is 5. The Morgan fingerprint density at radius 1 is 0.452 bits per heavy atom. The smallest absolute Gasteiger partial charge is 0.269 e. The summed E-state index contributed by atoms with van der Waals surface area (Å²) in [7, 11) is 0. The maximum atomic E-state index is 14.5. The van der Waals surface area contributed by atoms with Gasteiger partial charge < -0.3 is 30.3 Å². The highest BCUT2D eigenvalue weighted by Crippen LogP contribution is 2.60. The van der Waals surface area contributed by atoms with E-state index in [-0.39, 0.29) is 0 Å². The van der Waals surface area contributed by atoms with E-state index in [1.54, 1.807) is 0 Å². The number of carbonyl (C=O) groups is 5. The van der Waals surface area contributed by atoms with Crippen molar-refractivity contribution in [3.63, 3.8) is 0 Å². The van der Waals surface area contributed by atoms with Crippen LogP contribution in [0.2, 0.25) is 0 Å². The molecule has 242 valence electrons. The Hall–Kier alpha value is -1.89. The van der Waals surface area contributed by atoms with Gasteiger partial charge in [-0.2, -0.15) is 0 Å². The van der Waals surface area contributed by atoms with E-state index in [4.69, 9.17) is 4.74 Å². The zero-order valence-corrected chi connectivity index (χ0v) is 27.9. The van der Waals surface area contributed by atoms with E-state index < -0.39 is 90.8 Å². The predicted molar refractivity (Wildman–Crippen MR) is 153 cm³/mol. The summed E-state index contributed by atoms with van der Waals surface area (Å²) in [6.07, 6.45) is 0. The second kappa shape index (κ2) is 10.1. The van der Waals surface area contributed by atoms with Gasteiger partial charge in [0.05, 0.1) is 6.61 Å². The Bertz CT molecular complexity index is 1170. The van der Waals surface area contributed by atoms with E-state index >= 15 is 0 Å². The fourth-order valence-corrected chi connectivity index (χ4v) is 5.58. The molecule has 0 aromatic carbocycles. The van der Waals surface area contributed by atoms with E-state index in [1.807, 2.05) is 0 Å². The molecule has 11 nitrogen and oxygen atoms in total. The molecule has 0 aliphatic carbocycles. The van der Waals surface area contributed by atoms with Gasteiger partial charge in [-0.15, -0.1) is 0 Å². The molecular formula is C31H52O11. The van der Waals surface area contributed by atoms with E-state index in [2.05, 4.69) is 0 Å². The Balaban J connectivity index is 5.03. The summed E-state index contributed by atoms with van der Waals surface area (Å²) in [6, 6.07) is 0. The molecule has 11 heteroatoms. The van der Waals surface area contributed by atoms with E-state index in [1.165, 1.54) is 104 Å².